The first kappa shape index (κ1) is 11.2. The Morgan fingerprint density at radius 2 is 2.36 bits per heavy atom. The van der Waals surface area contributed by atoms with Gasteiger partial charge in [-0.2, -0.15) is 0 Å². The third-order valence-electron chi connectivity index (χ3n) is 1.82. The number of methoxy groups -OCH3 is 1. The number of imidazole rings is 1. The molecule has 1 aromatic rings. The number of nitrogens with zero attached hydrogens (tertiary/aromatic N) is 2. The van der Waals surface area contributed by atoms with Gasteiger partial charge in [0.05, 0.1) is 12.0 Å². The highest BCUT2D eigenvalue weighted by Crippen LogP contribution is 1.96. The number of hydrogen-bond donors (Lipinski definition) is 1. The lowest BCUT2D eigenvalue weighted by Gasteiger charge is -2.04. The van der Waals surface area contributed by atoms with Crippen LogP contribution in [0, 0.1) is 5.92 Å². The van der Waals surface area contributed by atoms with Gasteiger partial charge in [0, 0.05) is 19.9 Å². The molecule has 0 atom stereocenters. The second kappa shape index (κ2) is 5.78. The zero-order valence-corrected chi connectivity index (χ0v) is 9.16. The van der Waals surface area contributed by atoms with Gasteiger partial charge in [0.25, 0.3) is 0 Å². The Balaban J connectivity index is 2.28. The maximum absolute atomic E-state index is 4.99. The molecule has 14 heavy (non-hydrogen) atoms. The lowest BCUT2D eigenvalue weighted by atomic mass is 10.2. The fourth-order valence-electron chi connectivity index (χ4n) is 1.21. The molecule has 0 amide bonds. The predicted molar refractivity (Wildman–Crippen MR) is 55.8 cm³/mol. The lowest BCUT2D eigenvalue weighted by Crippen LogP contribution is -2.19. The molecular formula is C10H19N3O. The summed E-state index contributed by atoms with van der Waals surface area (Å²) in [7, 11) is 1.68. The molecule has 0 aliphatic heterocycles. The topological polar surface area (TPSA) is 39.1 Å². The number of ether oxygens (including phenoxy) is 1. The molecule has 1 heterocycles. The van der Waals surface area contributed by atoms with E-state index < -0.39 is 0 Å². The maximum Gasteiger partial charge on any atom is 0.123 e. The van der Waals surface area contributed by atoms with E-state index in [1.165, 1.54) is 0 Å². The van der Waals surface area contributed by atoms with Crippen LogP contribution in [-0.4, -0.2) is 23.2 Å². The summed E-state index contributed by atoms with van der Waals surface area (Å²) < 4.78 is 6.91. The summed E-state index contributed by atoms with van der Waals surface area (Å²) >= 11 is 0. The SMILES string of the molecule is COCn1cnc(CNCC(C)C)c1. The Hall–Kier alpha value is -0.870. The molecule has 0 aromatic carbocycles. The normalized spacial score (nSPS) is 11.1. The molecule has 1 aromatic heterocycles. The van der Waals surface area contributed by atoms with Crippen molar-refractivity contribution in [3.63, 3.8) is 0 Å². The Kier molecular flexibility index (Phi) is 4.62. The van der Waals surface area contributed by atoms with Crippen molar-refractivity contribution in [1.82, 2.24) is 14.9 Å². The predicted octanol–water partition coefficient (Wildman–Crippen LogP) is 1.23. The molecule has 0 spiro atoms. The molecule has 0 bridgehead atoms. The number of aromatic nitrogens is 2. The first-order chi connectivity index (χ1) is 6.72. The van der Waals surface area contributed by atoms with E-state index in [0.717, 1.165) is 18.8 Å². The summed E-state index contributed by atoms with van der Waals surface area (Å²) in [6, 6.07) is 0. The summed E-state index contributed by atoms with van der Waals surface area (Å²) in [5.41, 5.74) is 1.06. The summed E-state index contributed by atoms with van der Waals surface area (Å²) in [5.74, 6) is 0.677. The van der Waals surface area contributed by atoms with E-state index >= 15 is 0 Å². The standard InChI is InChI=1S/C10H19N3O/c1-9(2)4-11-5-10-6-13(7-12-10)8-14-3/h6-7,9,11H,4-5,8H2,1-3H3. The molecule has 0 saturated carbocycles. The molecule has 0 aliphatic carbocycles. The van der Waals surface area contributed by atoms with Gasteiger partial charge in [-0.05, 0) is 12.5 Å². The molecule has 4 nitrogen and oxygen atoms in total. The number of hydrogen-bond acceptors (Lipinski definition) is 3. The summed E-state index contributed by atoms with van der Waals surface area (Å²) in [6.07, 6.45) is 3.78. The van der Waals surface area contributed by atoms with Crippen LogP contribution in [0.3, 0.4) is 0 Å². The Morgan fingerprint density at radius 1 is 1.57 bits per heavy atom. The highest BCUT2D eigenvalue weighted by molar-refractivity contribution is 4.95. The van der Waals surface area contributed by atoms with Crippen molar-refractivity contribution in [3.8, 4) is 0 Å². The van der Waals surface area contributed by atoms with Crippen LogP contribution in [0.5, 0.6) is 0 Å². The highest BCUT2D eigenvalue weighted by atomic mass is 16.5. The van der Waals surface area contributed by atoms with Gasteiger partial charge >= 0.3 is 0 Å². The molecule has 4 heteroatoms. The van der Waals surface area contributed by atoms with Crippen LogP contribution in [0.2, 0.25) is 0 Å². The summed E-state index contributed by atoms with van der Waals surface area (Å²) in [5, 5.41) is 3.34. The van der Waals surface area contributed by atoms with Crippen molar-refractivity contribution < 1.29 is 4.74 Å². The quantitative estimate of drug-likeness (QED) is 0.745. The second-order valence-electron chi connectivity index (χ2n) is 3.82. The van der Waals surface area contributed by atoms with Gasteiger partial charge < -0.3 is 14.6 Å². The average molecular weight is 197 g/mol. The highest BCUT2D eigenvalue weighted by Gasteiger charge is 1.98. The van der Waals surface area contributed by atoms with Crippen LogP contribution < -0.4 is 5.32 Å². The van der Waals surface area contributed by atoms with Crippen molar-refractivity contribution in [2.24, 2.45) is 5.92 Å². The largest absolute Gasteiger partial charge is 0.364 e. The number of rotatable bonds is 6. The summed E-state index contributed by atoms with van der Waals surface area (Å²) in [4.78, 5) is 4.25. The van der Waals surface area contributed by atoms with Crippen LogP contribution in [0.1, 0.15) is 19.5 Å². The minimum absolute atomic E-state index is 0.567. The van der Waals surface area contributed by atoms with Crippen molar-refractivity contribution in [2.45, 2.75) is 27.1 Å². The van der Waals surface area contributed by atoms with Crippen LogP contribution in [-0.2, 0) is 18.0 Å². The third-order valence-corrected chi connectivity index (χ3v) is 1.82. The molecule has 1 rings (SSSR count). The van der Waals surface area contributed by atoms with Crippen LogP contribution in [0.15, 0.2) is 12.5 Å². The first-order valence-electron chi connectivity index (χ1n) is 4.92. The van der Waals surface area contributed by atoms with Gasteiger partial charge in [0.15, 0.2) is 0 Å². The van der Waals surface area contributed by atoms with Crippen molar-refractivity contribution in [2.75, 3.05) is 13.7 Å². The fourth-order valence-corrected chi connectivity index (χ4v) is 1.21. The van der Waals surface area contributed by atoms with Crippen molar-refractivity contribution >= 4 is 0 Å². The fraction of sp³-hybridized carbons (Fsp3) is 0.700. The molecule has 1 N–H and O–H groups in total. The molecule has 0 saturated heterocycles. The summed E-state index contributed by atoms with van der Waals surface area (Å²) in [6.45, 7) is 6.80. The Morgan fingerprint density at radius 3 is 3.00 bits per heavy atom. The lowest BCUT2D eigenvalue weighted by molar-refractivity contribution is 0.131. The monoisotopic (exact) mass is 197 g/mol. The molecular weight excluding hydrogens is 178 g/mol. The van der Waals surface area contributed by atoms with Gasteiger partial charge in [0.1, 0.15) is 6.73 Å². The number of nitrogens with one attached hydrogen (secondary N) is 1. The van der Waals surface area contributed by atoms with E-state index in [2.05, 4.69) is 24.1 Å². The Labute approximate surface area is 85.3 Å². The van der Waals surface area contributed by atoms with Crippen molar-refractivity contribution in [3.05, 3.63) is 18.2 Å². The molecule has 0 aliphatic rings. The van der Waals surface area contributed by atoms with Crippen LogP contribution in [0.4, 0.5) is 0 Å². The minimum atomic E-state index is 0.567. The first-order valence-corrected chi connectivity index (χ1v) is 4.92. The van der Waals surface area contributed by atoms with E-state index in [9.17, 15) is 0 Å². The molecule has 0 fully saturated rings. The van der Waals surface area contributed by atoms with Gasteiger partial charge in [-0.3, -0.25) is 0 Å². The van der Waals surface area contributed by atoms with Gasteiger partial charge in [-0.1, -0.05) is 13.8 Å². The van der Waals surface area contributed by atoms with E-state index in [1.54, 1.807) is 13.4 Å². The average Bonchev–Trinajstić information content (AvgIpc) is 2.53. The van der Waals surface area contributed by atoms with E-state index in [0.29, 0.717) is 12.6 Å². The van der Waals surface area contributed by atoms with Crippen LogP contribution >= 0.6 is 0 Å². The minimum Gasteiger partial charge on any atom is -0.364 e. The molecule has 0 radical (unpaired) electrons. The van der Waals surface area contributed by atoms with E-state index in [-0.39, 0.29) is 0 Å². The maximum atomic E-state index is 4.99. The zero-order valence-electron chi connectivity index (χ0n) is 9.16. The van der Waals surface area contributed by atoms with Crippen LogP contribution in [0.25, 0.3) is 0 Å². The zero-order chi connectivity index (χ0) is 10.4. The van der Waals surface area contributed by atoms with Gasteiger partial charge in [-0.15, -0.1) is 0 Å². The van der Waals surface area contributed by atoms with Gasteiger partial charge in [0.2, 0.25) is 0 Å². The van der Waals surface area contributed by atoms with E-state index in [4.69, 9.17) is 4.74 Å². The smallest absolute Gasteiger partial charge is 0.123 e. The third kappa shape index (κ3) is 3.89. The van der Waals surface area contributed by atoms with Crippen molar-refractivity contribution in [1.29, 1.82) is 0 Å². The van der Waals surface area contributed by atoms with Gasteiger partial charge in [-0.25, -0.2) is 4.98 Å². The Bertz CT molecular complexity index is 258. The molecule has 0 unspecified atom stereocenters. The van der Waals surface area contributed by atoms with E-state index in [1.807, 2.05) is 10.8 Å². The second-order valence-corrected chi connectivity index (χ2v) is 3.82. The molecule has 80 valence electrons.